The fourth-order valence-electron chi connectivity index (χ4n) is 4.37. The number of para-hydroxylation sites is 1. The molecule has 0 bridgehead atoms. The highest BCUT2D eigenvalue weighted by Crippen LogP contribution is 2.24. The standard InChI is InChI=1S/C30H31Cl2N3O2/c1-2-3-16-35(30(37)23-13-14-26(31)27(32)18-23)21-29(36)34(20-22-9-5-4-6-10-22)17-15-24-19-33-28-12-8-7-11-25(24)28/h4-14,18-19,33H,2-3,15-17,20-21H2,1H3. The van der Waals surface area contributed by atoms with Gasteiger partial charge < -0.3 is 14.8 Å². The van der Waals surface area contributed by atoms with Gasteiger partial charge in [0.15, 0.2) is 0 Å². The summed E-state index contributed by atoms with van der Waals surface area (Å²) in [6.07, 6.45) is 4.43. The van der Waals surface area contributed by atoms with Crippen LogP contribution in [0.3, 0.4) is 0 Å². The minimum atomic E-state index is -0.225. The van der Waals surface area contributed by atoms with Crippen LogP contribution < -0.4 is 0 Å². The van der Waals surface area contributed by atoms with Crippen LogP contribution in [0.1, 0.15) is 41.3 Å². The molecular weight excluding hydrogens is 505 g/mol. The van der Waals surface area contributed by atoms with E-state index >= 15 is 0 Å². The van der Waals surface area contributed by atoms with Crippen LogP contribution in [-0.2, 0) is 17.8 Å². The van der Waals surface area contributed by atoms with Crippen molar-refractivity contribution in [2.45, 2.75) is 32.7 Å². The van der Waals surface area contributed by atoms with Gasteiger partial charge in [0, 0.05) is 42.3 Å². The number of benzene rings is 3. The minimum Gasteiger partial charge on any atom is -0.361 e. The Hall–Kier alpha value is -3.28. The zero-order valence-corrected chi connectivity index (χ0v) is 22.4. The predicted molar refractivity (Wildman–Crippen MR) is 151 cm³/mol. The largest absolute Gasteiger partial charge is 0.361 e. The molecule has 0 saturated carbocycles. The number of halogens is 2. The summed E-state index contributed by atoms with van der Waals surface area (Å²) >= 11 is 12.2. The zero-order valence-electron chi connectivity index (χ0n) is 20.9. The van der Waals surface area contributed by atoms with Crippen molar-refractivity contribution in [3.63, 3.8) is 0 Å². The fourth-order valence-corrected chi connectivity index (χ4v) is 4.66. The van der Waals surface area contributed by atoms with E-state index in [1.54, 1.807) is 23.1 Å². The van der Waals surface area contributed by atoms with Gasteiger partial charge in [-0.3, -0.25) is 9.59 Å². The van der Waals surface area contributed by atoms with Crippen molar-refractivity contribution >= 4 is 45.9 Å². The lowest BCUT2D eigenvalue weighted by Gasteiger charge is -2.28. The van der Waals surface area contributed by atoms with E-state index < -0.39 is 0 Å². The molecule has 1 heterocycles. The monoisotopic (exact) mass is 535 g/mol. The molecule has 0 radical (unpaired) electrons. The van der Waals surface area contributed by atoms with Crippen LogP contribution in [0.5, 0.6) is 0 Å². The van der Waals surface area contributed by atoms with Crippen LogP contribution in [0.15, 0.2) is 79.0 Å². The number of rotatable bonds is 11. The van der Waals surface area contributed by atoms with Gasteiger partial charge in [0.05, 0.1) is 10.0 Å². The molecule has 0 fully saturated rings. The summed E-state index contributed by atoms with van der Waals surface area (Å²) in [5, 5.41) is 1.87. The van der Waals surface area contributed by atoms with E-state index in [-0.39, 0.29) is 18.4 Å². The lowest BCUT2D eigenvalue weighted by molar-refractivity contribution is -0.132. The number of amides is 2. The summed E-state index contributed by atoms with van der Waals surface area (Å²) in [5.41, 5.74) is 3.71. The number of carbonyl (C=O) groups excluding carboxylic acids is 2. The average molecular weight is 537 g/mol. The molecule has 1 N–H and O–H groups in total. The number of nitrogens with one attached hydrogen (secondary N) is 1. The number of unbranched alkanes of at least 4 members (excludes halogenated alkanes) is 1. The smallest absolute Gasteiger partial charge is 0.254 e. The van der Waals surface area contributed by atoms with Gasteiger partial charge in [-0.05, 0) is 48.2 Å². The lowest BCUT2D eigenvalue weighted by Crippen LogP contribution is -2.43. The SMILES string of the molecule is CCCCN(CC(=O)N(CCc1c[nH]c2ccccc12)Cc1ccccc1)C(=O)c1ccc(Cl)c(Cl)c1. The second kappa shape index (κ2) is 12.8. The summed E-state index contributed by atoms with van der Waals surface area (Å²) < 4.78 is 0. The highest BCUT2D eigenvalue weighted by molar-refractivity contribution is 6.42. The number of fused-ring (bicyclic) bond motifs is 1. The zero-order chi connectivity index (χ0) is 26.2. The number of hydrogen-bond acceptors (Lipinski definition) is 2. The van der Waals surface area contributed by atoms with E-state index in [4.69, 9.17) is 23.2 Å². The number of H-pyrrole nitrogens is 1. The first-order valence-corrected chi connectivity index (χ1v) is 13.3. The van der Waals surface area contributed by atoms with Crippen LogP contribution in [0, 0.1) is 0 Å². The van der Waals surface area contributed by atoms with E-state index in [9.17, 15) is 9.59 Å². The lowest BCUT2D eigenvalue weighted by atomic mass is 10.1. The summed E-state index contributed by atoms with van der Waals surface area (Å²) in [4.78, 5) is 33.8. The minimum absolute atomic E-state index is 0.000201. The Kier molecular flexibility index (Phi) is 9.26. The van der Waals surface area contributed by atoms with Crippen molar-refractivity contribution in [2.75, 3.05) is 19.6 Å². The summed E-state index contributed by atoms with van der Waals surface area (Å²) in [6.45, 7) is 3.57. The maximum absolute atomic E-state index is 13.7. The molecule has 0 atom stereocenters. The van der Waals surface area contributed by atoms with Crippen molar-refractivity contribution in [1.29, 1.82) is 0 Å². The Labute approximate surface area is 228 Å². The molecule has 3 aromatic carbocycles. The molecule has 0 aliphatic carbocycles. The topological polar surface area (TPSA) is 56.4 Å². The number of aromatic nitrogens is 1. The van der Waals surface area contributed by atoms with Gasteiger partial charge in [-0.2, -0.15) is 0 Å². The molecule has 0 aliphatic heterocycles. The Morgan fingerprint density at radius 1 is 0.865 bits per heavy atom. The van der Waals surface area contributed by atoms with E-state index in [1.165, 1.54) is 0 Å². The number of hydrogen-bond donors (Lipinski definition) is 1. The summed E-state index contributed by atoms with van der Waals surface area (Å²) in [5.74, 6) is -0.315. The maximum Gasteiger partial charge on any atom is 0.254 e. The molecule has 0 spiro atoms. The van der Waals surface area contributed by atoms with Crippen molar-refractivity contribution in [1.82, 2.24) is 14.8 Å². The van der Waals surface area contributed by atoms with E-state index in [1.807, 2.05) is 59.6 Å². The molecule has 4 aromatic rings. The first-order valence-electron chi connectivity index (χ1n) is 12.6. The summed E-state index contributed by atoms with van der Waals surface area (Å²) in [7, 11) is 0. The first kappa shape index (κ1) is 26.8. The van der Waals surface area contributed by atoms with Crippen molar-refractivity contribution in [3.8, 4) is 0 Å². The third-order valence-electron chi connectivity index (χ3n) is 6.46. The third kappa shape index (κ3) is 6.94. The third-order valence-corrected chi connectivity index (χ3v) is 7.20. The van der Waals surface area contributed by atoms with Gasteiger partial charge in [0.1, 0.15) is 6.54 Å². The van der Waals surface area contributed by atoms with Crippen LogP contribution >= 0.6 is 23.2 Å². The molecule has 4 rings (SSSR count). The van der Waals surface area contributed by atoms with Gasteiger partial charge in [0.25, 0.3) is 5.91 Å². The highest BCUT2D eigenvalue weighted by Gasteiger charge is 2.23. The second-order valence-electron chi connectivity index (χ2n) is 9.12. The second-order valence-corrected chi connectivity index (χ2v) is 9.93. The van der Waals surface area contributed by atoms with Gasteiger partial charge in [0.2, 0.25) is 5.91 Å². The van der Waals surface area contributed by atoms with Gasteiger partial charge >= 0.3 is 0 Å². The van der Waals surface area contributed by atoms with E-state index in [2.05, 4.69) is 18.0 Å². The summed E-state index contributed by atoms with van der Waals surface area (Å²) in [6, 6.07) is 22.9. The molecule has 0 saturated heterocycles. The Morgan fingerprint density at radius 3 is 2.38 bits per heavy atom. The quantitative estimate of drug-likeness (QED) is 0.225. The average Bonchev–Trinajstić information content (AvgIpc) is 3.33. The van der Waals surface area contributed by atoms with Gasteiger partial charge in [-0.25, -0.2) is 0 Å². The maximum atomic E-state index is 13.7. The highest BCUT2D eigenvalue weighted by atomic mass is 35.5. The van der Waals surface area contributed by atoms with E-state index in [0.717, 1.165) is 34.9 Å². The molecule has 2 amide bonds. The van der Waals surface area contributed by atoms with Gasteiger partial charge in [-0.15, -0.1) is 0 Å². The fraction of sp³-hybridized carbons (Fsp3) is 0.267. The van der Waals surface area contributed by atoms with Crippen LogP contribution in [0.25, 0.3) is 10.9 Å². The van der Waals surface area contributed by atoms with Crippen molar-refractivity contribution in [2.24, 2.45) is 0 Å². The molecule has 1 aromatic heterocycles. The molecule has 7 heteroatoms. The molecule has 5 nitrogen and oxygen atoms in total. The Morgan fingerprint density at radius 2 is 1.62 bits per heavy atom. The molecule has 192 valence electrons. The number of carbonyl (C=O) groups is 2. The Bertz CT molecular complexity index is 1350. The molecule has 37 heavy (non-hydrogen) atoms. The van der Waals surface area contributed by atoms with Crippen LogP contribution in [-0.4, -0.2) is 46.2 Å². The molecule has 0 unspecified atom stereocenters. The van der Waals surface area contributed by atoms with E-state index in [0.29, 0.717) is 41.7 Å². The van der Waals surface area contributed by atoms with Gasteiger partial charge in [-0.1, -0.05) is 85.1 Å². The van der Waals surface area contributed by atoms with Crippen molar-refractivity contribution in [3.05, 3.63) is 106 Å². The number of nitrogens with zero attached hydrogens (tertiary/aromatic N) is 2. The Balaban J connectivity index is 1.54. The van der Waals surface area contributed by atoms with Crippen LogP contribution in [0.4, 0.5) is 0 Å². The van der Waals surface area contributed by atoms with Crippen molar-refractivity contribution < 1.29 is 9.59 Å². The molecular formula is C30H31Cl2N3O2. The first-order chi connectivity index (χ1) is 18.0. The predicted octanol–water partition coefficient (Wildman–Crippen LogP) is 6.99. The number of aromatic amines is 1. The normalized spacial score (nSPS) is 11.0. The molecule has 0 aliphatic rings. The van der Waals surface area contributed by atoms with Crippen LogP contribution in [0.2, 0.25) is 10.0 Å².